The number of anilines is 1. The van der Waals surface area contributed by atoms with E-state index >= 15 is 0 Å². The predicted octanol–water partition coefficient (Wildman–Crippen LogP) is 1.87. The van der Waals surface area contributed by atoms with Crippen molar-refractivity contribution in [3.05, 3.63) is 23.0 Å². The molecule has 19 heavy (non-hydrogen) atoms. The van der Waals surface area contributed by atoms with Gasteiger partial charge in [-0.2, -0.15) is 5.26 Å². The van der Waals surface area contributed by atoms with Crippen LogP contribution in [0.1, 0.15) is 29.8 Å². The van der Waals surface area contributed by atoms with Gasteiger partial charge in [-0.25, -0.2) is 0 Å². The molecular weight excluding hydrogens is 242 g/mol. The first-order chi connectivity index (χ1) is 9.01. The standard InChI is InChI=1S/C14H17N3O2/c1-9-5-13(12(7-15)10(2)16-9)17-4-3-11(8-17)6-14(18)19/h5,11H,3-4,6,8H2,1-2H3,(H,18,19). The molecule has 1 aromatic rings. The van der Waals surface area contributed by atoms with Crippen molar-refractivity contribution in [3.63, 3.8) is 0 Å². The van der Waals surface area contributed by atoms with E-state index in [4.69, 9.17) is 5.11 Å². The Balaban J connectivity index is 2.24. The summed E-state index contributed by atoms with van der Waals surface area (Å²) in [5.74, 6) is -0.590. The third kappa shape index (κ3) is 2.84. The highest BCUT2D eigenvalue weighted by molar-refractivity contribution is 5.68. The highest BCUT2D eigenvalue weighted by Gasteiger charge is 2.26. The molecule has 1 unspecified atom stereocenters. The lowest BCUT2D eigenvalue weighted by molar-refractivity contribution is -0.137. The summed E-state index contributed by atoms with van der Waals surface area (Å²) in [4.78, 5) is 17.2. The number of aryl methyl sites for hydroxylation is 2. The molecule has 0 saturated carbocycles. The molecule has 1 aliphatic heterocycles. The first kappa shape index (κ1) is 13.3. The maximum Gasteiger partial charge on any atom is 0.303 e. The highest BCUT2D eigenvalue weighted by atomic mass is 16.4. The van der Waals surface area contributed by atoms with Crippen molar-refractivity contribution in [2.24, 2.45) is 5.92 Å². The third-order valence-electron chi connectivity index (χ3n) is 3.51. The molecule has 0 aromatic carbocycles. The number of carboxylic acid groups (broad SMARTS) is 1. The Morgan fingerprint density at radius 1 is 1.63 bits per heavy atom. The van der Waals surface area contributed by atoms with Crippen molar-refractivity contribution in [3.8, 4) is 6.07 Å². The molecule has 1 fully saturated rings. The van der Waals surface area contributed by atoms with Crippen LogP contribution < -0.4 is 4.90 Å². The third-order valence-corrected chi connectivity index (χ3v) is 3.51. The lowest BCUT2D eigenvalue weighted by Crippen LogP contribution is -2.22. The van der Waals surface area contributed by atoms with Gasteiger partial charge >= 0.3 is 5.97 Å². The van der Waals surface area contributed by atoms with Crippen LogP contribution in [0, 0.1) is 31.1 Å². The van der Waals surface area contributed by atoms with E-state index in [1.165, 1.54) is 0 Å². The number of hydrogen-bond acceptors (Lipinski definition) is 4. The largest absolute Gasteiger partial charge is 0.481 e. The van der Waals surface area contributed by atoms with E-state index in [0.29, 0.717) is 12.1 Å². The Bertz CT molecular complexity index is 548. The number of aliphatic carboxylic acids is 1. The zero-order chi connectivity index (χ0) is 14.0. The van der Waals surface area contributed by atoms with Gasteiger partial charge in [0, 0.05) is 25.2 Å². The van der Waals surface area contributed by atoms with Gasteiger partial charge in [0.25, 0.3) is 0 Å². The van der Waals surface area contributed by atoms with E-state index < -0.39 is 5.97 Å². The van der Waals surface area contributed by atoms with Crippen LogP contribution in [-0.4, -0.2) is 29.1 Å². The Kier molecular flexibility index (Phi) is 3.70. The van der Waals surface area contributed by atoms with E-state index in [1.807, 2.05) is 19.9 Å². The van der Waals surface area contributed by atoms with Gasteiger partial charge in [-0.3, -0.25) is 9.78 Å². The molecule has 1 N–H and O–H groups in total. The number of rotatable bonds is 3. The predicted molar refractivity (Wildman–Crippen MR) is 71.0 cm³/mol. The number of carboxylic acids is 1. The zero-order valence-electron chi connectivity index (χ0n) is 11.2. The van der Waals surface area contributed by atoms with E-state index in [1.54, 1.807) is 0 Å². The van der Waals surface area contributed by atoms with Crippen molar-refractivity contribution < 1.29 is 9.90 Å². The lowest BCUT2D eigenvalue weighted by Gasteiger charge is -2.21. The topological polar surface area (TPSA) is 77.2 Å². The fraction of sp³-hybridized carbons (Fsp3) is 0.500. The smallest absolute Gasteiger partial charge is 0.303 e. The number of nitrogens with zero attached hydrogens (tertiary/aromatic N) is 3. The highest BCUT2D eigenvalue weighted by Crippen LogP contribution is 2.29. The molecule has 0 spiro atoms. The van der Waals surface area contributed by atoms with E-state index in [2.05, 4.69) is 16.0 Å². The van der Waals surface area contributed by atoms with Crippen molar-refractivity contribution in [1.29, 1.82) is 5.26 Å². The molecule has 1 saturated heterocycles. The second-order valence-corrected chi connectivity index (χ2v) is 5.05. The van der Waals surface area contributed by atoms with Crippen molar-refractivity contribution >= 4 is 11.7 Å². The number of hydrogen-bond donors (Lipinski definition) is 1. The summed E-state index contributed by atoms with van der Waals surface area (Å²) in [6, 6.07) is 4.11. The van der Waals surface area contributed by atoms with Gasteiger partial charge in [0.2, 0.25) is 0 Å². The maximum absolute atomic E-state index is 10.7. The molecular formula is C14H17N3O2. The summed E-state index contributed by atoms with van der Waals surface area (Å²) in [7, 11) is 0. The van der Waals surface area contributed by atoms with Crippen LogP contribution in [0.15, 0.2) is 6.07 Å². The Morgan fingerprint density at radius 2 is 2.37 bits per heavy atom. The molecule has 0 radical (unpaired) electrons. The molecule has 1 aromatic heterocycles. The SMILES string of the molecule is Cc1cc(N2CCC(CC(=O)O)C2)c(C#N)c(C)n1. The van der Waals surface area contributed by atoms with Gasteiger partial charge in [-0.1, -0.05) is 0 Å². The van der Waals surface area contributed by atoms with Crippen LogP contribution in [0.2, 0.25) is 0 Å². The van der Waals surface area contributed by atoms with Gasteiger partial charge in [-0.15, -0.1) is 0 Å². The average molecular weight is 259 g/mol. The maximum atomic E-state index is 10.7. The van der Waals surface area contributed by atoms with Gasteiger partial charge in [0.05, 0.1) is 16.9 Å². The zero-order valence-corrected chi connectivity index (χ0v) is 11.2. The van der Waals surface area contributed by atoms with Crippen molar-refractivity contribution in [2.45, 2.75) is 26.7 Å². The summed E-state index contributed by atoms with van der Waals surface area (Å²) in [6.07, 6.45) is 1.05. The molecule has 5 heteroatoms. The van der Waals surface area contributed by atoms with Gasteiger partial charge in [-0.05, 0) is 32.3 Å². The summed E-state index contributed by atoms with van der Waals surface area (Å²) in [5.41, 5.74) is 3.11. The van der Waals surface area contributed by atoms with E-state index in [-0.39, 0.29) is 12.3 Å². The average Bonchev–Trinajstić information content (AvgIpc) is 2.75. The second kappa shape index (κ2) is 5.27. The van der Waals surface area contributed by atoms with Crippen LogP contribution in [0.4, 0.5) is 5.69 Å². The Hall–Kier alpha value is -2.09. The van der Waals surface area contributed by atoms with Crippen LogP contribution in [-0.2, 0) is 4.79 Å². The van der Waals surface area contributed by atoms with Gasteiger partial charge in [0.15, 0.2) is 0 Å². The van der Waals surface area contributed by atoms with E-state index in [0.717, 1.165) is 30.0 Å². The molecule has 0 amide bonds. The molecule has 1 atom stereocenters. The Labute approximate surface area is 112 Å². The van der Waals surface area contributed by atoms with Crippen LogP contribution in [0.25, 0.3) is 0 Å². The van der Waals surface area contributed by atoms with Gasteiger partial charge < -0.3 is 10.0 Å². The van der Waals surface area contributed by atoms with Crippen molar-refractivity contribution in [1.82, 2.24) is 4.98 Å². The molecule has 100 valence electrons. The molecule has 2 rings (SSSR count). The summed E-state index contributed by atoms with van der Waals surface area (Å²) in [5, 5.41) is 18.1. The number of nitriles is 1. The molecule has 0 aliphatic carbocycles. The Morgan fingerprint density at radius 3 is 3.00 bits per heavy atom. The van der Waals surface area contributed by atoms with E-state index in [9.17, 15) is 10.1 Å². The van der Waals surface area contributed by atoms with Crippen LogP contribution in [0.3, 0.4) is 0 Å². The first-order valence-electron chi connectivity index (χ1n) is 6.36. The first-order valence-corrected chi connectivity index (χ1v) is 6.36. The number of aromatic nitrogens is 1. The fourth-order valence-electron chi connectivity index (χ4n) is 2.66. The number of carbonyl (C=O) groups is 1. The van der Waals surface area contributed by atoms with Crippen molar-refractivity contribution in [2.75, 3.05) is 18.0 Å². The van der Waals surface area contributed by atoms with Crippen LogP contribution in [0.5, 0.6) is 0 Å². The molecule has 1 aliphatic rings. The molecule has 0 bridgehead atoms. The lowest BCUT2D eigenvalue weighted by atomic mass is 10.1. The quantitative estimate of drug-likeness (QED) is 0.896. The minimum absolute atomic E-state index is 0.165. The summed E-state index contributed by atoms with van der Waals surface area (Å²) < 4.78 is 0. The number of pyridine rings is 1. The monoisotopic (exact) mass is 259 g/mol. The normalized spacial score (nSPS) is 18.4. The fourth-order valence-corrected chi connectivity index (χ4v) is 2.66. The van der Waals surface area contributed by atoms with Crippen LogP contribution >= 0.6 is 0 Å². The minimum Gasteiger partial charge on any atom is -0.481 e. The minimum atomic E-state index is -0.755. The summed E-state index contributed by atoms with van der Waals surface area (Å²) >= 11 is 0. The van der Waals surface area contributed by atoms with Gasteiger partial charge in [0.1, 0.15) is 6.07 Å². The summed E-state index contributed by atoms with van der Waals surface area (Å²) in [6.45, 7) is 5.24. The molecule has 5 nitrogen and oxygen atoms in total. The second-order valence-electron chi connectivity index (χ2n) is 5.05. The molecule has 2 heterocycles.